The van der Waals surface area contributed by atoms with E-state index in [0.29, 0.717) is 6.54 Å². The van der Waals surface area contributed by atoms with Gasteiger partial charge in [-0.2, -0.15) is 4.39 Å². The van der Waals surface area contributed by atoms with Gasteiger partial charge >= 0.3 is 0 Å². The summed E-state index contributed by atoms with van der Waals surface area (Å²) in [6, 6.07) is 10.3. The van der Waals surface area contributed by atoms with Crippen molar-refractivity contribution in [3.8, 4) is 0 Å². The first kappa shape index (κ1) is 12.8. The van der Waals surface area contributed by atoms with Crippen molar-refractivity contribution in [1.29, 1.82) is 0 Å². The van der Waals surface area contributed by atoms with Gasteiger partial charge in [-0.3, -0.25) is 4.79 Å². The van der Waals surface area contributed by atoms with Crippen LogP contribution in [0.15, 0.2) is 36.4 Å². The number of rotatable bonds is 1. The first-order valence-corrected chi connectivity index (χ1v) is 6.70. The fraction of sp³-hybridized carbons (Fsp3) is 0.250. The molecule has 1 aliphatic rings. The van der Waals surface area contributed by atoms with Crippen LogP contribution in [0.25, 0.3) is 0 Å². The standard InChI is InChI=1S/C16H15FN2O/c1-11-5-2-6-12-7-4-10-19(15(11)12)16(20)13-8-3-9-14(17)18-13/h2-3,5-6,8-9H,4,7,10H2,1H3. The van der Waals surface area contributed by atoms with Gasteiger partial charge in [0.2, 0.25) is 5.95 Å². The number of amides is 1. The number of hydrogen-bond donors (Lipinski definition) is 0. The van der Waals surface area contributed by atoms with Gasteiger partial charge in [-0.1, -0.05) is 24.3 Å². The summed E-state index contributed by atoms with van der Waals surface area (Å²) < 4.78 is 13.2. The molecule has 1 aliphatic heterocycles. The summed E-state index contributed by atoms with van der Waals surface area (Å²) in [6.45, 7) is 2.64. The Labute approximate surface area is 117 Å². The molecule has 0 saturated heterocycles. The number of anilines is 1. The molecule has 2 aromatic rings. The zero-order valence-electron chi connectivity index (χ0n) is 11.3. The van der Waals surface area contributed by atoms with E-state index in [-0.39, 0.29) is 11.6 Å². The van der Waals surface area contributed by atoms with Gasteiger partial charge in [0.25, 0.3) is 5.91 Å². The molecule has 0 N–H and O–H groups in total. The third-order valence-electron chi connectivity index (χ3n) is 3.60. The molecule has 1 aromatic heterocycles. The van der Waals surface area contributed by atoms with E-state index in [1.165, 1.54) is 17.7 Å². The van der Waals surface area contributed by atoms with E-state index in [1.807, 2.05) is 25.1 Å². The number of aromatic nitrogens is 1. The van der Waals surface area contributed by atoms with Crippen molar-refractivity contribution in [2.75, 3.05) is 11.4 Å². The number of nitrogens with zero attached hydrogens (tertiary/aromatic N) is 2. The van der Waals surface area contributed by atoms with E-state index in [2.05, 4.69) is 4.98 Å². The highest BCUT2D eigenvalue weighted by Crippen LogP contribution is 2.31. The van der Waals surface area contributed by atoms with Crippen molar-refractivity contribution in [2.24, 2.45) is 0 Å². The second-order valence-electron chi connectivity index (χ2n) is 4.99. The Hall–Kier alpha value is -2.23. The number of fused-ring (bicyclic) bond motifs is 1. The van der Waals surface area contributed by atoms with Crippen LogP contribution < -0.4 is 4.90 Å². The van der Waals surface area contributed by atoms with Crippen LogP contribution in [-0.2, 0) is 6.42 Å². The lowest BCUT2D eigenvalue weighted by Crippen LogP contribution is -2.36. The maximum atomic E-state index is 13.2. The molecule has 0 atom stereocenters. The third-order valence-corrected chi connectivity index (χ3v) is 3.60. The number of aryl methyl sites for hydroxylation is 2. The fourth-order valence-corrected chi connectivity index (χ4v) is 2.72. The highest BCUT2D eigenvalue weighted by Gasteiger charge is 2.25. The van der Waals surface area contributed by atoms with Gasteiger partial charge in [0.1, 0.15) is 5.69 Å². The average molecular weight is 270 g/mol. The van der Waals surface area contributed by atoms with Crippen LogP contribution in [0.3, 0.4) is 0 Å². The Morgan fingerprint density at radius 2 is 2.05 bits per heavy atom. The summed E-state index contributed by atoms with van der Waals surface area (Å²) in [5, 5.41) is 0. The zero-order valence-corrected chi connectivity index (χ0v) is 11.3. The lowest BCUT2D eigenvalue weighted by molar-refractivity contribution is 0.0979. The number of hydrogen-bond acceptors (Lipinski definition) is 2. The van der Waals surface area contributed by atoms with Gasteiger partial charge in [0.05, 0.1) is 5.69 Å². The van der Waals surface area contributed by atoms with E-state index < -0.39 is 5.95 Å². The molecule has 0 spiro atoms. The Kier molecular flexibility index (Phi) is 3.22. The lowest BCUT2D eigenvalue weighted by Gasteiger charge is -2.30. The van der Waals surface area contributed by atoms with Crippen LogP contribution in [0.5, 0.6) is 0 Å². The number of para-hydroxylation sites is 1. The first-order valence-electron chi connectivity index (χ1n) is 6.70. The van der Waals surface area contributed by atoms with Crippen molar-refractivity contribution in [3.63, 3.8) is 0 Å². The second kappa shape index (κ2) is 5.04. The Balaban J connectivity index is 2.03. The maximum absolute atomic E-state index is 13.2. The van der Waals surface area contributed by atoms with Crippen LogP contribution >= 0.6 is 0 Å². The number of carbonyl (C=O) groups excluding carboxylic acids is 1. The predicted molar refractivity (Wildman–Crippen MR) is 75.4 cm³/mol. The molecule has 3 rings (SSSR count). The van der Waals surface area contributed by atoms with Gasteiger partial charge in [-0.05, 0) is 43.0 Å². The second-order valence-corrected chi connectivity index (χ2v) is 4.99. The molecule has 0 aliphatic carbocycles. The summed E-state index contributed by atoms with van der Waals surface area (Å²) in [5.74, 6) is -0.863. The Bertz CT molecular complexity index is 669. The van der Waals surface area contributed by atoms with Gasteiger partial charge in [-0.15, -0.1) is 0 Å². The van der Waals surface area contributed by atoms with Crippen molar-refractivity contribution in [2.45, 2.75) is 19.8 Å². The van der Waals surface area contributed by atoms with Crippen molar-refractivity contribution in [1.82, 2.24) is 4.98 Å². The van der Waals surface area contributed by atoms with E-state index in [0.717, 1.165) is 24.1 Å². The van der Waals surface area contributed by atoms with E-state index in [4.69, 9.17) is 0 Å². The van der Waals surface area contributed by atoms with Gasteiger partial charge in [0.15, 0.2) is 0 Å². The van der Waals surface area contributed by atoms with Gasteiger partial charge < -0.3 is 4.90 Å². The molecule has 0 radical (unpaired) electrons. The minimum absolute atomic E-state index is 0.154. The van der Waals surface area contributed by atoms with Crippen LogP contribution in [0.1, 0.15) is 28.0 Å². The molecular weight excluding hydrogens is 255 g/mol. The van der Waals surface area contributed by atoms with E-state index in [9.17, 15) is 9.18 Å². The molecule has 4 heteroatoms. The van der Waals surface area contributed by atoms with Gasteiger partial charge in [0, 0.05) is 6.54 Å². The molecule has 1 aromatic carbocycles. The molecular formula is C16H15FN2O. The molecule has 2 heterocycles. The monoisotopic (exact) mass is 270 g/mol. The average Bonchev–Trinajstić information content (AvgIpc) is 2.46. The summed E-state index contributed by atoms with van der Waals surface area (Å²) in [5.41, 5.74) is 3.34. The molecule has 3 nitrogen and oxygen atoms in total. The summed E-state index contributed by atoms with van der Waals surface area (Å²) >= 11 is 0. The number of halogens is 1. The highest BCUT2D eigenvalue weighted by molar-refractivity contribution is 6.05. The van der Waals surface area contributed by atoms with E-state index >= 15 is 0 Å². The Morgan fingerprint density at radius 3 is 2.85 bits per heavy atom. The summed E-state index contributed by atoms with van der Waals surface area (Å²) in [7, 11) is 0. The summed E-state index contributed by atoms with van der Waals surface area (Å²) in [4.78, 5) is 18.0. The minimum atomic E-state index is -0.627. The fourth-order valence-electron chi connectivity index (χ4n) is 2.72. The van der Waals surface area contributed by atoms with Crippen molar-refractivity contribution < 1.29 is 9.18 Å². The molecule has 0 saturated carbocycles. The van der Waals surface area contributed by atoms with Crippen molar-refractivity contribution >= 4 is 11.6 Å². The number of carbonyl (C=O) groups is 1. The van der Waals surface area contributed by atoms with Crippen LogP contribution in [-0.4, -0.2) is 17.4 Å². The first-order chi connectivity index (χ1) is 9.66. The summed E-state index contributed by atoms with van der Waals surface area (Å²) in [6.07, 6.45) is 1.88. The molecule has 0 bridgehead atoms. The SMILES string of the molecule is Cc1cccc2c1N(C(=O)c1cccc(F)n1)CCC2. The molecule has 0 unspecified atom stereocenters. The van der Waals surface area contributed by atoms with Crippen LogP contribution in [0, 0.1) is 12.9 Å². The third kappa shape index (κ3) is 2.18. The molecule has 0 fully saturated rings. The minimum Gasteiger partial charge on any atom is -0.306 e. The lowest BCUT2D eigenvalue weighted by atomic mass is 9.98. The molecule has 1 amide bonds. The van der Waals surface area contributed by atoms with Crippen LogP contribution in [0.2, 0.25) is 0 Å². The smallest absolute Gasteiger partial charge is 0.276 e. The molecule has 20 heavy (non-hydrogen) atoms. The highest BCUT2D eigenvalue weighted by atomic mass is 19.1. The van der Waals surface area contributed by atoms with E-state index in [1.54, 1.807) is 11.0 Å². The quantitative estimate of drug-likeness (QED) is 0.746. The van der Waals surface area contributed by atoms with Gasteiger partial charge in [-0.25, -0.2) is 4.98 Å². The predicted octanol–water partition coefficient (Wildman–Crippen LogP) is 3.12. The zero-order chi connectivity index (χ0) is 14.1. The maximum Gasteiger partial charge on any atom is 0.276 e. The largest absolute Gasteiger partial charge is 0.306 e. The number of pyridine rings is 1. The topological polar surface area (TPSA) is 33.2 Å². The Morgan fingerprint density at radius 1 is 1.25 bits per heavy atom. The number of benzene rings is 1. The molecule has 102 valence electrons. The normalized spacial score (nSPS) is 14.0. The van der Waals surface area contributed by atoms with Crippen molar-refractivity contribution in [3.05, 3.63) is 59.2 Å². The van der Waals surface area contributed by atoms with Crippen LogP contribution in [0.4, 0.5) is 10.1 Å².